The van der Waals surface area contributed by atoms with E-state index in [2.05, 4.69) is 0 Å². The normalized spacial score (nSPS) is 11.2. The van der Waals surface area contributed by atoms with E-state index >= 15 is 13.2 Å². The molecule has 0 fully saturated rings. The van der Waals surface area contributed by atoms with Crippen LogP contribution in [0.25, 0.3) is 0 Å². The van der Waals surface area contributed by atoms with Crippen LogP contribution < -0.4 is 18.9 Å². The van der Waals surface area contributed by atoms with E-state index in [1.807, 2.05) is 0 Å². The lowest BCUT2D eigenvalue weighted by molar-refractivity contribution is -0.386. The second-order valence-electron chi connectivity index (χ2n) is 10.0. The number of nitro groups is 1. The summed E-state index contributed by atoms with van der Waals surface area (Å²) >= 11 is 0. The Balaban J connectivity index is 1.50. The van der Waals surface area contributed by atoms with Crippen molar-refractivity contribution in [1.29, 1.82) is 0 Å². The van der Waals surface area contributed by atoms with Crippen molar-refractivity contribution in [2.45, 2.75) is 26.3 Å². The van der Waals surface area contributed by atoms with E-state index < -0.39 is 57.1 Å². The van der Waals surface area contributed by atoms with Crippen LogP contribution in [-0.4, -0.2) is 4.92 Å². The van der Waals surface area contributed by atoms with Gasteiger partial charge in [0.2, 0.25) is 23.1 Å². The average molecular weight is 656 g/mol. The number of hydrogen-bond acceptors (Lipinski definition) is 6. The summed E-state index contributed by atoms with van der Waals surface area (Å²) in [6, 6.07) is 23.9. The number of rotatable bonds is 11. The highest BCUT2D eigenvalue weighted by atomic mass is 19.4. The predicted octanol–water partition coefficient (Wildman–Crippen LogP) is 10.1. The van der Waals surface area contributed by atoms with Crippen molar-refractivity contribution in [3.63, 3.8) is 0 Å². The highest BCUT2D eigenvalue weighted by Gasteiger charge is 2.44. The Bertz CT molecular complexity index is 1900. The van der Waals surface area contributed by atoms with Gasteiger partial charge < -0.3 is 18.9 Å². The lowest BCUT2D eigenvalue weighted by Gasteiger charge is -2.19. The van der Waals surface area contributed by atoms with E-state index in [1.165, 1.54) is 18.2 Å². The van der Waals surface area contributed by atoms with Crippen molar-refractivity contribution in [3.8, 4) is 34.5 Å². The number of halogens is 6. The maximum atomic E-state index is 15.8. The number of aryl methyl sites for hydroxylation is 1. The van der Waals surface area contributed by atoms with Crippen LogP contribution in [0.15, 0.2) is 97.1 Å². The molecule has 13 heteroatoms. The molecule has 7 nitrogen and oxygen atoms in total. The lowest BCUT2D eigenvalue weighted by atomic mass is 10.1. The second kappa shape index (κ2) is 13.7. The summed E-state index contributed by atoms with van der Waals surface area (Å²) < 4.78 is 109. The first-order valence-corrected chi connectivity index (χ1v) is 13.8. The number of nitrogens with zero attached hydrogens (tertiary/aromatic N) is 1. The first kappa shape index (κ1) is 32.7. The summed E-state index contributed by atoms with van der Waals surface area (Å²) in [7, 11) is 0. The molecule has 242 valence electrons. The Hall–Kier alpha value is -5.72. The third-order valence-corrected chi connectivity index (χ3v) is 6.72. The van der Waals surface area contributed by atoms with Gasteiger partial charge in [0.15, 0.2) is 11.6 Å². The van der Waals surface area contributed by atoms with Gasteiger partial charge in [-0.2, -0.15) is 22.0 Å². The fourth-order valence-electron chi connectivity index (χ4n) is 4.39. The number of ether oxygens (including phenoxy) is 4. The summed E-state index contributed by atoms with van der Waals surface area (Å²) in [5, 5.41) is 11.5. The zero-order valence-electron chi connectivity index (χ0n) is 24.3. The molecule has 0 radical (unpaired) electrons. The molecule has 0 aromatic heterocycles. The molecule has 47 heavy (non-hydrogen) atoms. The summed E-state index contributed by atoms with van der Waals surface area (Å²) in [5.41, 5.74) is -0.917. The zero-order valence-corrected chi connectivity index (χ0v) is 24.3. The first-order chi connectivity index (χ1) is 22.4. The summed E-state index contributed by atoms with van der Waals surface area (Å²) in [5.74, 6) is -11.2. The monoisotopic (exact) mass is 655 g/mol. The van der Waals surface area contributed by atoms with E-state index in [0.29, 0.717) is 11.1 Å². The van der Waals surface area contributed by atoms with Gasteiger partial charge in [0.1, 0.15) is 36.0 Å². The Morgan fingerprint density at radius 2 is 1.17 bits per heavy atom. The molecule has 0 amide bonds. The molecule has 0 aliphatic heterocycles. The number of hydrogen-bond donors (Lipinski definition) is 0. The highest BCUT2D eigenvalue weighted by Crippen LogP contribution is 2.47. The van der Waals surface area contributed by atoms with Gasteiger partial charge in [-0.25, -0.2) is 4.39 Å². The fourth-order valence-corrected chi connectivity index (χ4v) is 4.39. The van der Waals surface area contributed by atoms with Crippen LogP contribution in [0.5, 0.6) is 34.5 Å². The zero-order chi connectivity index (χ0) is 33.7. The minimum absolute atomic E-state index is 0.0861. The summed E-state index contributed by atoms with van der Waals surface area (Å²) in [4.78, 5) is 10.8. The van der Waals surface area contributed by atoms with Gasteiger partial charge in [0, 0.05) is 18.2 Å². The molecule has 0 saturated carbocycles. The molecule has 0 heterocycles. The van der Waals surface area contributed by atoms with Gasteiger partial charge in [-0.05, 0) is 35.7 Å². The Labute approximate surface area is 263 Å². The summed E-state index contributed by atoms with van der Waals surface area (Å²) in [6.07, 6.45) is -5.59. The van der Waals surface area contributed by atoms with Gasteiger partial charge >= 0.3 is 11.9 Å². The Kier molecular flexibility index (Phi) is 9.54. The van der Waals surface area contributed by atoms with Crippen LogP contribution in [0, 0.1) is 34.5 Å². The quantitative estimate of drug-likeness (QED) is 0.0610. The van der Waals surface area contributed by atoms with Gasteiger partial charge in [0.05, 0.1) is 4.92 Å². The SMILES string of the molecule is Cc1ccc(Oc2c(F)c(Oc3ccc([N+](=O)[O-])c(OCc4ccccc4)c3)c(F)c(F)c2C(F)(F)F)cc1OCc1ccccc1. The Morgan fingerprint density at radius 1 is 0.660 bits per heavy atom. The molecule has 0 unspecified atom stereocenters. The molecular weight excluding hydrogens is 632 g/mol. The standard InChI is InChI=1S/C34H23F6NO6/c1-20-12-13-23(16-26(20)44-18-21-8-4-2-5-9-21)46-32-28(34(38,39)40)29(35)30(36)33(31(32)37)47-24-14-15-25(41(42)43)27(17-24)45-19-22-10-6-3-7-11-22/h2-17H,18-19H2,1H3. The van der Waals surface area contributed by atoms with Crippen LogP contribution in [-0.2, 0) is 19.4 Å². The smallest absolute Gasteiger partial charge is 0.423 e. The van der Waals surface area contributed by atoms with Gasteiger partial charge in [-0.3, -0.25) is 10.1 Å². The van der Waals surface area contributed by atoms with E-state index in [4.69, 9.17) is 18.9 Å². The van der Waals surface area contributed by atoms with E-state index in [1.54, 1.807) is 67.6 Å². The minimum Gasteiger partial charge on any atom is -0.488 e. The molecule has 0 aliphatic carbocycles. The van der Waals surface area contributed by atoms with Crippen molar-refractivity contribution in [2.75, 3.05) is 0 Å². The van der Waals surface area contributed by atoms with E-state index in [9.17, 15) is 23.3 Å². The fraction of sp³-hybridized carbons (Fsp3) is 0.118. The topological polar surface area (TPSA) is 80.1 Å². The highest BCUT2D eigenvalue weighted by molar-refractivity contribution is 5.54. The van der Waals surface area contributed by atoms with Gasteiger partial charge in [-0.15, -0.1) is 0 Å². The maximum absolute atomic E-state index is 15.8. The Morgan fingerprint density at radius 3 is 1.72 bits per heavy atom. The van der Waals surface area contributed by atoms with Crippen molar-refractivity contribution >= 4 is 5.69 Å². The molecule has 0 N–H and O–H groups in total. The first-order valence-electron chi connectivity index (χ1n) is 13.8. The molecule has 0 atom stereocenters. The second-order valence-corrected chi connectivity index (χ2v) is 10.0. The molecule has 0 saturated heterocycles. The maximum Gasteiger partial charge on any atom is 0.423 e. The van der Waals surface area contributed by atoms with E-state index in [0.717, 1.165) is 23.8 Å². The molecule has 0 spiro atoms. The van der Waals surface area contributed by atoms with Crippen LogP contribution in [0.1, 0.15) is 22.3 Å². The third kappa shape index (κ3) is 7.57. The van der Waals surface area contributed by atoms with E-state index in [-0.39, 0.29) is 30.5 Å². The van der Waals surface area contributed by atoms with Crippen LogP contribution in [0.3, 0.4) is 0 Å². The number of benzene rings is 5. The van der Waals surface area contributed by atoms with Gasteiger partial charge in [-0.1, -0.05) is 66.7 Å². The molecule has 5 aromatic rings. The molecule has 0 bridgehead atoms. The van der Waals surface area contributed by atoms with Crippen molar-refractivity contribution in [3.05, 3.63) is 147 Å². The molecule has 5 aromatic carbocycles. The van der Waals surface area contributed by atoms with Crippen LogP contribution >= 0.6 is 0 Å². The number of nitro benzene ring substituents is 1. The summed E-state index contributed by atoms with van der Waals surface area (Å²) in [6.45, 7) is 1.59. The minimum atomic E-state index is -5.59. The molecule has 0 aliphatic rings. The van der Waals surface area contributed by atoms with Crippen LogP contribution in [0.2, 0.25) is 0 Å². The van der Waals surface area contributed by atoms with Crippen molar-refractivity contribution in [2.24, 2.45) is 0 Å². The van der Waals surface area contributed by atoms with Gasteiger partial charge in [0.25, 0.3) is 0 Å². The largest absolute Gasteiger partial charge is 0.488 e. The lowest BCUT2D eigenvalue weighted by Crippen LogP contribution is -2.14. The van der Waals surface area contributed by atoms with Crippen molar-refractivity contribution < 1.29 is 50.2 Å². The van der Waals surface area contributed by atoms with Crippen LogP contribution in [0.4, 0.5) is 32.0 Å². The molecular formula is C34H23F6NO6. The molecule has 5 rings (SSSR count). The van der Waals surface area contributed by atoms with Crippen molar-refractivity contribution in [1.82, 2.24) is 0 Å². The predicted molar refractivity (Wildman–Crippen MR) is 157 cm³/mol. The number of alkyl halides is 3. The third-order valence-electron chi connectivity index (χ3n) is 6.72. The average Bonchev–Trinajstić information content (AvgIpc) is 3.05.